The second kappa shape index (κ2) is 8.17. The quantitative estimate of drug-likeness (QED) is 0.550. The fraction of sp³-hybridized carbons (Fsp3) is 0.714. The van der Waals surface area contributed by atoms with Crippen LogP contribution in [0.1, 0.15) is 43.1 Å². The Morgan fingerprint density at radius 1 is 1.33 bits per heavy atom. The normalized spacial score (nSPS) is 15.9. The summed E-state index contributed by atoms with van der Waals surface area (Å²) in [5, 5.41) is 3.09. The van der Waals surface area contributed by atoms with E-state index in [1.54, 1.807) is 0 Å². The molecule has 0 aliphatic heterocycles. The Bertz CT molecular complexity index is 468. The molecule has 0 radical (unpaired) electrons. The minimum atomic E-state index is -2.43. The van der Waals surface area contributed by atoms with Gasteiger partial charge in [0.05, 0.1) is 15.9 Å². The average molecular weight is 411 g/mol. The molecular formula is C14H20F2IN3O. The van der Waals surface area contributed by atoms with Gasteiger partial charge in [-0.25, -0.2) is 18.7 Å². The standard InChI is InChI=1S/C14H20F2IN3O/c1-18-14-12(17)13(9-4-2-3-5-9)19-11(20-14)6-7-21-8-10(15)16/h9-10H,2-8H2,1H3,(H,18,19,20). The van der Waals surface area contributed by atoms with Crippen molar-refractivity contribution in [2.75, 3.05) is 25.6 Å². The van der Waals surface area contributed by atoms with Crippen LogP contribution in [-0.4, -0.2) is 36.7 Å². The van der Waals surface area contributed by atoms with Crippen LogP contribution >= 0.6 is 22.6 Å². The SMILES string of the molecule is CNc1nc(CCOCC(F)F)nc(C2CCCC2)c1I. The van der Waals surface area contributed by atoms with Gasteiger partial charge < -0.3 is 10.1 Å². The van der Waals surface area contributed by atoms with Crippen molar-refractivity contribution in [2.45, 2.75) is 44.4 Å². The van der Waals surface area contributed by atoms with Crippen LogP contribution in [0.3, 0.4) is 0 Å². The van der Waals surface area contributed by atoms with Crippen molar-refractivity contribution >= 4 is 28.4 Å². The van der Waals surface area contributed by atoms with Gasteiger partial charge in [-0.3, -0.25) is 0 Å². The molecule has 0 spiro atoms. The Morgan fingerprint density at radius 3 is 2.67 bits per heavy atom. The van der Waals surface area contributed by atoms with Gasteiger partial charge in [-0.2, -0.15) is 0 Å². The van der Waals surface area contributed by atoms with Crippen LogP contribution in [0.4, 0.5) is 14.6 Å². The van der Waals surface area contributed by atoms with E-state index in [0.29, 0.717) is 18.2 Å². The molecule has 1 fully saturated rings. The zero-order valence-corrected chi connectivity index (χ0v) is 14.2. The monoisotopic (exact) mass is 411 g/mol. The molecule has 0 atom stereocenters. The summed E-state index contributed by atoms with van der Waals surface area (Å²) in [6.45, 7) is -0.309. The number of halogens is 3. The van der Waals surface area contributed by atoms with Crippen molar-refractivity contribution in [3.63, 3.8) is 0 Å². The van der Waals surface area contributed by atoms with E-state index < -0.39 is 13.0 Å². The van der Waals surface area contributed by atoms with E-state index in [9.17, 15) is 8.78 Å². The van der Waals surface area contributed by atoms with E-state index in [0.717, 1.165) is 27.9 Å². The molecule has 1 aromatic heterocycles. The first kappa shape index (κ1) is 16.8. The summed E-state index contributed by atoms with van der Waals surface area (Å²) in [5.41, 5.74) is 1.09. The van der Waals surface area contributed by atoms with E-state index in [2.05, 4.69) is 37.9 Å². The Kier molecular flexibility index (Phi) is 6.53. The fourth-order valence-corrected chi connectivity index (χ4v) is 3.55. The van der Waals surface area contributed by atoms with Gasteiger partial charge in [0, 0.05) is 19.4 Å². The number of aromatic nitrogens is 2. The Hall–Kier alpha value is -0.570. The minimum absolute atomic E-state index is 0.220. The number of nitrogens with zero attached hydrogens (tertiary/aromatic N) is 2. The van der Waals surface area contributed by atoms with Crippen molar-refractivity contribution in [3.05, 3.63) is 15.1 Å². The van der Waals surface area contributed by atoms with E-state index in [-0.39, 0.29) is 6.61 Å². The van der Waals surface area contributed by atoms with Crippen LogP contribution in [0, 0.1) is 3.57 Å². The number of rotatable bonds is 7. The highest BCUT2D eigenvalue weighted by Gasteiger charge is 2.23. The molecule has 21 heavy (non-hydrogen) atoms. The van der Waals surface area contributed by atoms with Crippen LogP contribution in [0.2, 0.25) is 0 Å². The summed E-state index contributed by atoms with van der Waals surface area (Å²) in [4.78, 5) is 9.10. The Morgan fingerprint density at radius 2 is 2.05 bits per heavy atom. The zero-order chi connectivity index (χ0) is 15.2. The highest BCUT2D eigenvalue weighted by atomic mass is 127. The van der Waals surface area contributed by atoms with Crippen molar-refractivity contribution in [1.29, 1.82) is 0 Å². The molecule has 0 aromatic carbocycles. The second-order valence-electron chi connectivity index (χ2n) is 5.14. The van der Waals surface area contributed by atoms with Crippen molar-refractivity contribution in [3.8, 4) is 0 Å². The van der Waals surface area contributed by atoms with E-state index >= 15 is 0 Å². The maximum atomic E-state index is 12.0. The van der Waals surface area contributed by atoms with Gasteiger partial charge >= 0.3 is 0 Å². The summed E-state index contributed by atoms with van der Waals surface area (Å²) in [7, 11) is 1.83. The lowest BCUT2D eigenvalue weighted by atomic mass is 10.0. The lowest BCUT2D eigenvalue weighted by Crippen LogP contribution is -2.13. The fourth-order valence-electron chi connectivity index (χ4n) is 2.60. The first-order valence-electron chi connectivity index (χ1n) is 7.21. The molecular weight excluding hydrogens is 391 g/mol. The van der Waals surface area contributed by atoms with Gasteiger partial charge in [-0.1, -0.05) is 12.8 Å². The molecule has 7 heteroatoms. The van der Waals surface area contributed by atoms with Crippen LogP contribution in [0.25, 0.3) is 0 Å². The van der Waals surface area contributed by atoms with Crippen LogP contribution in [0.15, 0.2) is 0 Å². The zero-order valence-electron chi connectivity index (χ0n) is 12.0. The Balaban J connectivity index is 2.08. The molecule has 0 saturated heterocycles. The van der Waals surface area contributed by atoms with Gasteiger partial charge in [0.15, 0.2) is 0 Å². The third kappa shape index (κ3) is 4.70. The molecule has 0 bridgehead atoms. The molecule has 1 aliphatic rings. The number of alkyl halides is 2. The number of nitrogens with one attached hydrogen (secondary N) is 1. The second-order valence-corrected chi connectivity index (χ2v) is 6.21. The first-order valence-corrected chi connectivity index (χ1v) is 8.29. The smallest absolute Gasteiger partial charge is 0.261 e. The van der Waals surface area contributed by atoms with Gasteiger partial charge in [0.1, 0.15) is 18.2 Å². The van der Waals surface area contributed by atoms with E-state index in [1.807, 2.05) is 7.05 Å². The molecule has 1 heterocycles. The molecule has 2 rings (SSSR count). The lowest BCUT2D eigenvalue weighted by Gasteiger charge is -2.15. The highest BCUT2D eigenvalue weighted by molar-refractivity contribution is 14.1. The molecule has 1 saturated carbocycles. The molecule has 1 aromatic rings. The van der Waals surface area contributed by atoms with Crippen LogP contribution in [0.5, 0.6) is 0 Å². The van der Waals surface area contributed by atoms with E-state index in [4.69, 9.17) is 4.74 Å². The largest absolute Gasteiger partial charge is 0.375 e. The van der Waals surface area contributed by atoms with E-state index in [1.165, 1.54) is 12.8 Å². The summed E-state index contributed by atoms with van der Waals surface area (Å²) in [5.74, 6) is 1.97. The lowest BCUT2D eigenvalue weighted by molar-refractivity contribution is 0.0182. The van der Waals surface area contributed by atoms with Crippen LogP contribution < -0.4 is 5.32 Å². The van der Waals surface area contributed by atoms with Gasteiger partial charge in [0.2, 0.25) is 0 Å². The van der Waals surface area contributed by atoms with Crippen molar-refractivity contribution in [1.82, 2.24) is 9.97 Å². The summed E-state index contributed by atoms with van der Waals surface area (Å²) in [6, 6.07) is 0. The predicted octanol–water partition coefficient (Wildman–Crippen LogP) is 3.60. The molecule has 1 N–H and O–H groups in total. The summed E-state index contributed by atoms with van der Waals surface area (Å²) < 4.78 is 30.1. The maximum absolute atomic E-state index is 12.0. The summed E-state index contributed by atoms with van der Waals surface area (Å²) >= 11 is 2.28. The number of ether oxygens (including phenoxy) is 1. The Labute approximate surface area is 137 Å². The number of hydrogen-bond donors (Lipinski definition) is 1. The molecule has 0 unspecified atom stereocenters. The molecule has 1 aliphatic carbocycles. The summed E-state index contributed by atoms with van der Waals surface area (Å²) in [6.07, 6.45) is 2.84. The molecule has 0 amide bonds. The minimum Gasteiger partial charge on any atom is -0.375 e. The average Bonchev–Trinajstić information content (AvgIpc) is 2.98. The van der Waals surface area contributed by atoms with Crippen molar-refractivity contribution < 1.29 is 13.5 Å². The third-order valence-corrected chi connectivity index (χ3v) is 4.68. The third-order valence-electron chi connectivity index (χ3n) is 3.62. The number of hydrogen-bond acceptors (Lipinski definition) is 4. The van der Waals surface area contributed by atoms with Crippen molar-refractivity contribution in [2.24, 2.45) is 0 Å². The van der Waals surface area contributed by atoms with Gasteiger partial charge in [-0.05, 0) is 35.4 Å². The topological polar surface area (TPSA) is 47.0 Å². The molecule has 4 nitrogen and oxygen atoms in total. The first-order chi connectivity index (χ1) is 10.1. The van der Waals surface area contributed by atoms with Crippen LogP contribution in [-0.2, 0) is 11.2 Å². The van der Waals surface area contributed by atoms with Gasteiger partial charge in [-0.15, -0.1) is 0 Å². The predicted molar refractivity (Wildman–Crippen MR) is 86.0 cm³/mol. The van der Waals surface area contributed by atoms with Gasteiger partial charge in [0.25, 0.3) is 6.43 Å². The highest BCUT2D eigenvalue weighted by Crippen LogP contribution is 2.36. The molecule has 118 valence electrons. The maximum Gasteiger partial charge on any atom is 0.261 e. The number of anilines is 1.